The van der Waals surface area contributed by atoms with Crippen molar-refractivity contribution in [3.05, 3.63) is 55.4 Å². The fourth-order valence-electron chi connectivity index (χ4n) is 3.56. The van der Waals surface area contributed by atoms with Gasteiger partial charge >= 0.3 is 41.9 Å². The summed E-state index contributed by atoms with van der Waals surface area (Å²) in [4.78, 5) is 81.3. The molecule has 0 aliphatic rings. The number of ether oxygens (including phenoxy) is 7. The highest BCUT2D eigenvalue weighted by molar-refractivity contribution is 5.81. The van der Waals surface area contributed by atoms with Crippen LogP contribution in [0.2, 0.25) is 0 Å². The molecule has 4 atom stereocenters. The molecule has 1 aromatic rings. The first-order valence-electron chi connectivity index (χ1n) is 20.5. The van der Waals surface area contributed by atoms with Crippen molar-refractivity contribution in [1.29, 1.82) is 5.26 Å². The van der Waals surface area contributed by atoms with E-state index in [2.05, 4.69) is 54.2 Å². The Morgan fingerprint density at radius 3 is 1.52 bits per heavy atom. The lowest BCUT2D eigenvalue weighted by molar-refractivity contribution is -0.155. The Bertz CT molecular complexity index is 1380. The van der Waals surface area contributed by atoms with E-state index in [0.29, 0.717) is 25.2 Å². The zero-order chi connectivity index (χ0) is 46.8. The molecule has 4 unspecified atom stereocenters. The number of pyridine rings is 1. The van der Waals surface area contributed by atoms with E-state index < -0.39 is 24.0 Å². The van der Waals surface area contributed by atoms with Gasteiger partial charge in [0, 0.05) is 31.0 Å². The highest BCUT2D eigenvalue weighted by atomic mass is 16.6. The number of carbonyl (C=O) groups excluding carboxylic acids is 7. The van der Waals surface area contributed by atoms with Gasteiger partial charge in [0.15, 0.2) is 0 Å². The smallest absolute Gasteiger partial charge is 0.407 e. The van der Waals surface area contributed by atoms with Crippen LogP contribution in [0.3, 0.4) is 0 Å². The second kappa shape index (κ2) is 41.0. The number of hydrogen-bond donors (Lipinski definition) is 1. The molecular weight excluding hydrogens is 794 g/mol. The number of esters is 6. The largest absolute Gasteiger partial charge is 0.464 e. The van der Waals surface area contributed by atoms with Gasteiger partial charge in [-0.2, -0.15) is 5.26 Å². The van der Waals surface area contributed by atoms with Gasteiger partial charge in [-0.25, -0.2) is 14.4 Å². The summed E-state index contributed by atoms with van der Waals surface area (Å²) in [5, 5.41) is 10.5. The van der Waals surface area contributed by atoms with Crippen molar-refractivity contribution in [3.8, 4) is 6.07 Å². The number of amides is 1. The minimum atomic E-state index is -0.667. The summed E-state index contributed by atoms with van der Waals surface area (Å²) < 4.78 is 33.5. The molecular formula is C44H69N3O14. The number of carbonyl (C=O) groups is 7. The molecule has 1 aromatic heterocycles. The van der Waals surface area contributed by atoms with Crippen LogP contribution in [0.25, 0.3) is 0 Å². The van der Waals surface area contributed by atoms with Gasteiger partial charge in [0.25, 0.3) is 0 Å². The van der Waals surface area contributed by atoms with Gasteiger partial charge in [-0.1, -0.05) is 68.5 Å². The zero-order valence-electron chi connectivity index (χ0n) is 37.4. The number of nitriles is 1. The third-order valence-corrected chi connectivity index (χ3v) is 8.26. The lowest BCUT2D eigenvalue weighted by Gasteiger charge is -2.10. The summed E-state index contributed by atoms with van der Waals surface area (Å²) in [5.41, 5.74) is 1.39. The predicted octanol–water partition coefficient (Wildman–Crippen LogP) is 6.74. The zero-order valence-corrected chi connectivity index (χ0v) is 37.4. The highest BCUT2D eigenvalue weighted by Gasteiger charge is 2.13. The van der Waals surface area contributed by atoms with Crippen molar-refractivity contribution < 1.29 is 66.7 Å². The molecule has 0 radical (unpaired) electrons. The number of nitrogens with one attached hydrogen (secondary N) is 1. The standard InChI is InChI=1S/C14H22O6.C13H21NO6.C9H13N.C8H13NO2/c1-4-11(3)14(17)20-10-9-19-13(16)7-6-8-18-12(15)5-2;1-4-10(3)12(16)19-8-9-20-13(17)14-6-7-18-11(15)5-2;1-3-8(2)9-4-6-10-7-5-9;1-3-7(2)8(10)11-6-4-5-9/h5,11H,2,4,6-10H2,1,3H3;5,10H,2,4,6-9H2,1,3H3,(H,14,17);4-8H,3H2,1-2H3;7H,3-4,6H2,1-2H3. The van der Waals surface area contributed by atoms with E-state index in [0.717, 1.165) is 18.6 Å². The summed E-state index contributed by atoms with van der Waals surface area (Å²) >= 11 is 0. The Kier molecular flexibility index (Phi) is 40.0. The van der Waals surface area contributed by atoms with E-state index in [1.54, 1.807) is 13.8 Å². The van der Waals surface area contributed by atoms with E-state index in [4.69, 9.17) is 33.7 Å². The molecule has 0 saturated heterocycles. The van der Waals surface area contributed by atoms with Gasteiger partial charge in [-0.05, 0) is 55.7 Å². The molecule has 0 aromatic carbocycles. The lowest BCUT2D eigenvalue weighted by atomic mass is 10.0. The number of aromatic nitrogens is 1. The van der Waals surface area contributed by atoms with Crippen LogP contribution in [-0.4, -0.2) is 99.7 Å². The molecule has 0 aliphatic heterocycles. The van der Waals surface area contributed by atoms with E-state index >= 15 is 0 Å². The quantitative estimate of drug-likeness (QED) is 0.0464. The van der Waals surface area contributed by atoms with Crippen molar-refractivity contribution in [2.24, 2.45) is 17.8 Å². The van der Waals surface area contributed by atoms with Gasteiger partial charge in [0.1, 0.15) is 39.6 Å². The molecule has 61 heavy (non-hydrogen) atoms. The average molecular weight is 864 g/mol. The van der Waals surface area contributed by atoms with Crippen LogP contribution < -0.4 is 5.32 Å². The maximum atomic E-state index is 11.3. The maximum Gasteiger partial charge on any atom is 0.407 e. The van der Waals surface area contributed by atoms with Crippen LogP contribution in [0.4, 0.5) is 4.79 Å². The summed E-state index contributed by atoms with van der Waals surface area (Å²) in [6, 6.07) is 6.06. The van der Waals surface area contributed by atoms with Crippen molar-refractivity contribution in [2.45, 2.75) is 106 Å². The summed E-state index contributed by atoms with van der Waals surface area (Å²) in [7, 11) is 0. The maximum absolute atomic E-state index is 11.3. The third kappa shape index (κ3) is 37.0. The molecule has 344 valence electrons. The summed E-state index contributed by atoms with van der Waals surface area (Å²) in [6.45, 7) is 22.6. The van der Waals surface area contributed by atoms with Gasteiger partial charge in [0.05, 0.1) is 43.4 Å². The fraction of sp³-hybridized carbons (Fsp3) is 0.614. The van der Waals surface area contributed by atoms with Crippen LogP contribution in [0.15, 0.2) is 49.8 Å². The van der Waals surface area contributed by atoms with Gasteiger partial charge in [-0.3, -0.25) is 24.2 Å². The normalized spacial score (nSPS) is 11.6. The first-order chi connectivity index (χ1) is 29.1. The Morgan fingerprint density at radius 1 is 0.639 bits per heavy atom. The van der Waals surface area contributed by atoms with E-state index in [1.807, 2.05) is 46.2 Å². The Labute approximate surface area is 361 Å². The van der Waals surface area contributed by atoms with Crippen LogP contribution in [0, 0.1) is 29.1 Å². The van der Waals surface area contributed by atoms with Crippen LogP contribution in [0.1, 0.15) is 112 Å². The number of nitrogens with zero attached hydrogens (tertiary/aromatic N) is 2. The Morgan fingerprint density at radius 2 is 1.08 bits per heavy atom. The topological polar surface area (TPSA) is 233 Å². The number of rotatable bonds is 25. The third-order valence-electron chi connectivity index (χ3n) is 8.26. The van der Waals surface area contributed by atoms with Crippen molar-refractivity contribution in [2.75, 3.05) is 52.8 Å². The van der Waals surface area contributed by atoms with E-state index in [-0.39, 0.29) is 101 Å². The molecule has 0 fully saturated rings. The molecule has 0 aliphatic carbocycles. The van der Waals surface area contributed by atoms with Gasteiger partial charge < -0.3 is 38.5 Å². The number of hydrogen-bond acceptors (Lipinski definition) is 16. The first-order valence-corrected chi connectivity index (χ1v) is 20.5. The molecule has 0 bridgehead atoms. The molecule has 1 N–H and O–H groups in total. The van der Waals surface area contributed by atoms with Gasteiger partial charge in [-0.15, -0.1) is 0 Å². The van der Waals surface area contributed by atoms with Crippen LogP contribution >= 0.6 is 0 Å². The average Bonchev–Trinajstić information content (AvgIpc) is 3.28. The van der Waals surface area contributed by atoms with Crippen LogP contribution in [0.5, 0.6) is 0 Å². The monoisotopic (exact) mass is 863 g/mol. The predicted molar refractivity (Wildman–Crippen MR) is 226 cm³/mol. The molecule has 17 heteroatoms. The second-order valence-electron chi connectivity index (χ2n) is 13.1. The van der Waals surface area contributed by atoms with Crippen molar-refractivity contribution in [1.82, 2.24) is 10.3 Å². The molecule has 0 saturated carbocycles. The first kappa shape index (κ1) is 59.5. The van der Waals surface area contributed by atoms with Gasteiger partial charge in [0.2, 0.25) is 0 Å². The van der Waals surface area contributed by atoms with E-state index in [1.165, 1.54) is 12.0 Å². The summed E-state index contributed by atoms with van der Waals surface area (Å²) in [6.07, 6.45) is 9.31. The molecule has 17 nitrogen and oxygen atoms in total. The lowest BCUT2D eigenvalue weighted by Crippen LogP contribution is -2.29. The second-order valence-corrected chi connectivity index (χ2v) is 13.1. The minimum Gasteiger partial charge on any atom is -0.464 e. The molecule has 1 amide bonds. The SMILES string of the molecule is C=CC(=O)OCCCC(=O)OCCOC(=O)C(C)CC.C=CC(=O)OCCNC(=O)OCCOC(=O)C(C)CC.CCC(C)C(=O)OCCC#N.CCC(C)c1ccncc1. The molecule has 1 rings (SSSR count). The summed E-state index contributed by atoms with van der Waals surface area (Å²) in [5.74, 6) is -1.99. The minimum absolute atomic E-state index is 0.0159. The molecule has 1 heterocycles. The number of alkyl carbamates (subject to hydrolysis) is 1. The van der Waals surface area contributed by atoms with E-state index in [9.17, 15) is 33.6 Å². The fourth-order valence-corrected chi connectivity index (χ4v) is 3.56. The van der Waals surface area contributed by atoms with Crippen molar-refractivity contribution >= 4 is 41.9 Å². The Balaban J connectivity index is -0.000000767. The highest BCUT2D eigenvalue weighted by Crippen LogP contribution is 2.16. The van der Waals surface area contributed by atoms with Crippen LogP contribution in [-0.2, 0) is 61.9 Å². The Hall–Kier alpha value is -5.79. The molecule has 0 spiro atoms. The van der Waals surface area contributed by atoms with Crippen molar-refractivity contribution in [3.63, 3.8) is 0 Å².